The zero-order chi connectivity index (χ0) is 9.26. The Balaban J connectivity index is 2.22. The molecule has 1 aromatic rings. The lowest BCUT2D eigenvalue weighted by molar-refractivity contribution is 0.192. The predicted molar refractivity (Wildman–Crippen MR) is 48.6 cm³/mol. The van der Waals surface area contributed by atoms with Gasteiger partial charge in [-0.3, -0.25) is 4.57 Å². The quantitative estimate of drug-likeness (QED) is 0.682. The Hall–Kier alpha value is -1.32. The van der Waals surface area contributed by atoms with Crippen LogP contribution < -0.4 is 0 Å². The summed E-state index contributed by atoms with van der Waals surface area (Å²) < 4.78 is 1.64. The smallest absolute Gasteiger partial charge is 0.324 e. The normalized spacial score (nSPS) is 16.1. The summed E-state index contributed by atoms with van der Waals surface area (Å²) >= 11 is 0. The van der Waals surface area contributed by atoms with Gasteiger partial charge in [-0.15, -0.1) is 0 Å². The fraction of sp³-hybridized carbons (Fsp3) is 0.556. The van der Waals surface area contributed by atoms with E-state index in [1.54, 1.807) is 17.1 Å². The lowest BCUT2D eigenvalue weighted by Gasteiger charge is -2.27. The van der Waals surface area contributed by atoms with Gasteiger partial charge < -0.3 is 4.90 Å². The van der Waals surface area contributed by atoms with Crippen molar-refractivity contribution in [3.63, 3.8) is 0 Å². The Morgan fingerprint density at radius 1 is 1.62 bits per heavy atom. The average molecular weight is 179 g/mol. The first-order chi connectivity index (χ1) is 6.33. The van der Waals surface area contributed by atoms with Crippen molar-refractivity contribution in [2.24, 2.45) is 0 Å². The van der Waals surface area contributed by atoms with Gasteiger partial charge in [0, 0.05) is 31.4 Å². The minimum atomic E-state index is 0.0700. The van der Waals surface area contributed by atoms with Crippen LogP contribution in [0.25, 0.3) is 0 Å². The van der Waals surface area contributed by atoms with Gasteiger partial charge in [0.25, 0.3) is 0 Å². The van der Waals surface area contributed by atoms with Gasteiger partial charge in [-0.25, -0.2) is 9.78 Å². The molecule has 4 heteroatoms. The van der Waals surface area contributed by atoms with E-state index in [0.29, 0.717) is 0 Å². The highest BCUT2D eigenvalue weighted by Gasteiger charge is 2.22. The standard InChI is InChI=1S/C9H13N3O/c1-2-4-11-5-3-8-6-10-7-12(8)9(11)13/h6-7H,2-5H2,1H3. The van der Waals surface area contributed by atoms with E-state index in [9.17, 15) is 4.79 Å². The van der Waals surface area contributed by atoms with Crippen molar-refractivity contribution in [1.29, 1.82) is 0 Å². The number of rotatable bonds is 2. The Kier molecular flexibility index (Phi) is 2.04. The summed E-state index contributed by atoms with van der Waals surface area (Å²) in [6.45, 7) is 3.76. The molecule has 0 unspecified atom stereocenters. The fourth-order valence-corrected chi connectivity index (χ4v) is 1.65. The van der Waals surface area contributed by atoms with E-state index in [0.717, 1.165) is 31.6 Å². The predicted octanol–water partition coefficient (Wildman–Crippen LogP) is 1.12. The number of amides is 1. The van der Waals surface area contributed by atoms with Crippen LogP contribution in [-0.2, 0) is 6.42 Å². The summed E-state index contributed by atoms with van der Waals surface area (Å²) in [5.41, 5.74) is 1.03. The summed E-state index contributed by atoms with van der Waals surface area (Å²) in [5.74, 6) is 0. The molecule has 1 aliphatic rings. The summed E-state index contributed by atoms with van der Waals surface area (Å²) in [7, 11) is 0. The van der Waals surface area contributed by atoms with Crippen LogP contribution in [0.2, 0.25) is 0 Å². The van der Waals surface area contributed by atoms with Crippen LogP contribution in [0.1, 0.15) is 19.0 Å². The lowest BCUT2D eigenvalue weighted by Crippen LogP contribution is -2.41. The molecule has 70 valence electrons. The number of imidazole rings is 1. The van der Waals surface area contributed by atoms with E-state index in [4.69, 9.17) is 0 Å². The van der Waals surface area contributed by atoms with E-state index in [2.05, 4.69) is 11.9 Å². The number of fused-ring (bicyclic) bond motifs is 1. The number of hydrogen-bond acceptors (Lipinski definition) is 2. The third kappa shape index (κ3) is 1.32. The molecular formula is C9H13N3O. The molecule has 0 fully saturated rings. The number of carbonyl (C=O) groups excluding carboxylic acids is 1. The van der Waals surface area contributed by atoms with Gasteiger partial charge in [0.1, 0.15) is 6.33 Å². The van der Waals surface area contributed by atoms with E-state index in [1.165, 1.54) is 0 Å². The lowest BCUT2D eigenvalue weighted by atomic mass is 10.2. The Morgan fingerprint density at radius 2 is 2.46 bits per heavy atom. The first-order valence-electron chi connectivity index (χ1n) is 4.63. The summed E-state index contributed by atoms with van der Waals surface area (Å²) in [4.78, 5) is 17.6. The molecule has 2 heterocycles. The molecule has 0 saturated heterocycles. The maximum Gasteiger partial charge on any atom is 0.329 e. The molecule has 0 bridgehead atoms. The van der Waals surface area contributed by atoms with Crippen molar-refractivity contribution < 1.29 is 4.79 Å². The molecule has 4 nitrogen and oxygen atoms in total. The second-order valence-corrected chi connectivity index (χ2v) is 3.27. The number of carbonyl (C=O) groups is 1. The molecule has 2 rings (SSSR count). The van der Waals surface area contributed by atoms with Crippen LogP contribution in [0, 0.1) is 0 Å². The molecule has 0 radical (unpaired) electrons. The zero-order valence-corrected chi connectivity index (χ0v) is 7.73. The highest BCUT2D eigenvalue weighted by molar-refractivity contribution is 5.78. The minimum absolute atomic E-state index is 0.0700. The maximum absolute atomic E-state index is 11.7. The van der Waals surface area contributed by atoms with Crippen molar-refractivity contribution >= 4 is 6.03 Å². The molecule has 0 saturated carbocycles. The summed E-state index contributed by atoms with van der Waals surface area (Å²) in [5, 5.41) is 0. The van der Waals surface area contributed by atoms with Crippen molar-refractivity contribution in [3.8, 4) is 0 Å². The van der Waals surface area contributed by atoms with Crippen molar-refractivity contribution in [2.75, 3.05) is 13.1 Å². The van der Waals surface area contributed by atoms with Gasteiger partial charge in [0.15, 0.2) is 0 Å². The van der Waals surface area contributed by atoms with Crippen LogP contribution in [0.15, 0.2) is 12.5 Å². The second-order valence-electron chi connectivity index (χ2n) is 3.27. The van der Waals surface area contributed by atoms with Crippen LogP contribution in [0.4, 0.5) is 4.79 Å². The van der Waals surface area contributed by atoms with Gasteiger partial charge >= 0.3 is 6.03 Å². The van der Waals surface area contributed by atoms with Gasteiger partial charge in [-0.2, -0.15) is 0 Å². The summed E-state index contributed by atoms with van der Waals surface area (Å²) in [6, 6.07) is 0.0700. The largest absolute Gasteiger partial charge is 0.329 e. The SMILES string of the molecule is CCCN1CCc2cncn2C1=O. The Bertz CT molecular complexity index is 318. The molecule has 13 heavy (non-hydrogen) atoms. The van der Waals surface area contributed by atoms with Crippen LogP contribution >= 0.6 is 0 Å². The molecule has 1 aromatic heterocycles. The van der Waals surface area contributed by atoms with Gasteiger partial charge in [-0.05, 0) is 6.42 Å². The molecular weight excluding hydrogens is 166 g/mol. The van der Waals surface area contributed by atoms with Gasteiger partial charge in [0.05, 0.1) is 0 Å². The zero-order valence-electron chi connectivity index (χ0n) is 7.73. The highest BCUT2D eigenvalue weighted by atomic mass is 16.2. The van der Waals surface area contributed by atoms with Crippen molar-refractivity contribution in [1.82, 2.24) is 14.5 Å². The average Bonchev–Trinajstić information content (AvgIpc) is 2.58. The number of aromatic nitrogens is 2. The first kappa shape index (κ1) is 8.29. The second kappa shape index (κ2) is 3.20. The molecule has 1 amide bonds. The van der Waals surface area contributed by atoms with Crippen LogP contribution in [0.5, 0.6) is 0 Å². The van der Waals surface area contributed by atoms with Crippen LogP contribution in [0.3, 0.4) is 0 Å². The molecule has 0 N–H and O–H groups in total. The fourth-order valence-electron chi connectivity index (χ4n) is 1.65. The Labute approximate surface area is 77.2 Å². The topological polar surface area (TPSA) is 38.1 Å². The minimum Gasteiger partial charge on any atom is -0.324 e. The molecule has 0 aromatic carbocycles. The number of nitrogens with zero attached hydrogens (tertiary/aromatic N) is 3. The van der Waals surface area contributed by atoms with Crippen molar-refractivity contribution in [3.05, 3.63) is 18.2 Å². The van der Waals surface area contributed by atoms with Crippen LogP contribution in [-0.4, -0.2) is 33.6 Å². The van der Waals surface area contributed by atoms with Crippen molar-refractivity contribution in [2.45, 2.75) is 19.8 Å². The van der Waals surface area contributed by atoms with E-state index in [1.807, 2.05) is 4.90 Å². The van der Waals surface area contributed by atoms with Gasteiger partial charge in [-0.1, -0.05) is 6.92 Å². The maximum atomic E-state index is 11.7. The molecule has 0 aliphatic carbocycles. The molecule has 0 spiro atoms. The molecule has 0 atom stereocenters. The summed E-state index contributed by atoms with van der Waals surface area (Å²) in [6.07, 6.45) is 5.29. The third-order valence-electron chi connectivity index (χ3n) is 2.32. The van der Waals surface area contributed by atoms with E-state index >= 15 is 0 Å². The first-order valence-corrected chi connectivity index (χ1v) is 4.63. The number of hydrogen-bond donors (Lipinski definition) is 0. The van der Waals surface area contributed by atoms with E-state index < -0.39 is 0 Å². The molecule has 1 aliphatic heterocycles. The Morgan fingerprint density at radius 3 is 3.23 bits per heavy atom. The highest BCUT2D eigenvalue weighted by Crippen LogP contribution is 2.11. The van der Waals surface area contributed by atoms with Gasteiger partial charge in [0.2, 0.25) is 0 Å². The third-order valence-corrected chi connectivity index (χ3v) is 2.32. The monoisotopic (exact) mass is 179 g/mol. The van der Waals surface area contributed by atoms with E-state index in [-0.39, 0.29) is 6.03 Å².